The first kappa shape index (κ1) is 18.3. The van der Waals surface area contributed by atoms with Gasteiger partial charge in [-0.15, -0.1) is 10.2 Å². The molecule has 1 aliphatic rings. The third-order valence-corrected chi connectivity index (χ3v) is 5.27. The lowest BCUT2D eigenvalue weighted by molar-refractivity contribution is -0.124. The normalized spacial score (nSPS) is 14.8. The van der Waals surface area contributed by atoms with Crippen LogP contribution in [0.5, 0.6) is 0 Å². The van der Waals surface area contributed by atoms with Gasteiger partial charge in [0.2, 0.25) is 17.6 Å². The van der Waals surface area contributed by atoms with E-state index in [-0.39, 0.29) is 18.4 Å². The Morgan fingerprint density at radius 2 is 1.96 bits per heavy atom. The maximum absolute atomic E-state index is 12.9. The average Bonchev–Trinajstić information content (AvgIpc) is 3.26. The number of nitrogens with one attached hydrogen (secondary N) is 2. The Morgan fingerprint density at radius 3 is 2.64 bits per heavy atom. The van der Waals surface area contributed by atoms with Crippen LogP contribution in [0.1, 0.15) is 19.4 Å². The lowest BCUT2D eigenvalue weighted by atomic mass is 9.86. The number of H-pyrrole nitrogens is 1. The number of carbonyl (C=O) groups excluding carboxylic acids is 2. The maximum Gasteiger partial charge on any atom is 0.244 e. The number of hydrogen-bond donors (Lipinski definition) is 2. The first-order chi connectivity index (χ1) is 13.4. The van der Waals surface area contributed by atoms with Crippen LogP contribution in [-0.4, -0.2) is 39.0 Å². The molecule has 2 heterocycles. The molecule has 0 bridgehead atoms. The van der Waals surface area contributed by atoms with E-state index in [0.29, 0.717) is 11.5 Å². The summed E-state index contributed by atoms with van der Waals surface area (Å²) in [5.41, 5.74) is 2.40. The molecule has 142 valence electrons. The summed E-state index contributed by atoms with van der Waals surface area (Å²) >= 11 is 3.45. The van der Waals surface area contributed by atoms with Gasteiger partial charge in [-0.05, 0) is 67.1 Å². The van der Waals surface area contributed by atoms with Gasteiger partial charge in [0.05, 0.1) is 5.41 Å². The van der Waals surface area contributed by atoms with Crippen LogP contribution in [-0.2, 0) is 15.0 Å². The number of aromatic amines is 1. The van der Waals surface area contributed by atoms with Crippen LogP contribution in [0.25, 0.3) is 11.4 Å². The SMILES string of the molecule is CC1(C)C(=O)N(CC(=O)Nc2ccc(-c3nn[nH]n3)cc2)c2ccc(Br)cc21. The molecule has 0 saturated carbocycles. The third-order valence-electron chi connectivity index (χ3n) is 4.78. The molecule has 0 saturated heterocycles. The number of aromatic nitrogens is 4. The van der Waals surface area contributed by atoms with E-state index in [4.69, 9.17) is 0 Å². The molecular weight excluding hydrogens is 424 g/mol. The lowest BCUT2D eigenvalue weighted by Crippen LogP contribution is -2.40. The summed E-state index contributed by atoms with van der Waals surface area (Å²) in [6, 6.07) is 12.7. The zero-order chi connectivity index (χ0) is 19.9. The summed E-state index contributed by atoms with van der Waals surface area (Å²) in [5, 5.41) is 16.6. The molecule has 2 N–H and O–H groups in total. The van der Waals surface area contributed by atoms with E-state index < -0.39 is 5.41 Å². The average molecular weight is 441 g/mol. The zero-order valence-corrected chi connectivity index (χ0v) is 16.8. The molecular formula is C19H17BrN6O2. The van der Waals surface area contributed by atoms with E-state index in [1.165, 1.54) is 4.90 Å². The minimum absolute atomic E-state index is 0.0521. The van der Waals surface area contributed by atoms with Gasteiger partial charge >= 0.3 is 0 Å². The first-order valence-electron chi connectivity index (χ1n) is 8.62. The summed E-state index contributed by atoms with van der Waals surface area (Å²) in [7, 11) is 0. The van der Waals surface area contributed by atoms with E-state index in [9.17, 15) is 9.59 Å². The van der Waals surface area contributed by atoms with Gasteiger partial charge in [0.1, 0.15) is 6.54 Å². The van der Waals surface area contributed by atoms with Crippen molar-refractivity contribution in [3.8, 4) is 11.4 Å². The fourth-order valence-corrected chi connectivity index (χ4v) is 3.66. The quantitative estimate of drug-likeness (QED) is 0.648. The molecule has 0 aliphatic carbocycles. The van der Waals surface area contributed by atoms with E-state index in [0.717, 1.165) is 21.3 Å². The molecule has 28 heavy (non-hydrogen) atoms. The molecule has 0 spiro atoms. The van der Waals surface area contributed by atoms with Crippen LogP contribution in [0.4, 0.5) is 11.4 Å². The molecule has 0 radical (unpaired) electrons. The fraction of sp³-hybridized carbons (Fsp3) is 0.211. The second-order valence-corrected chi connectivity index (χ2v) is 7.95. The Bertz CT molecular complexity index is 1050. The third kappa shape index (κ3) is 3.18. The number of nitrogens with zero attached hydrogens (tertiary/aromatic N) is 4. The highest BCUT2D eigenvalue weighted by Crippen LogP contribution is 2.42. The predicted octanol–water partition coefficient (Wildman–Crippen LogP) is 2.89. The van der Waals surface area contributed by atoms with Crippen molar-refractivity contribution in [2.45, 2.75) is 19.3 Å². The maximum atomic E-state index is 12.9. The number of carbonyl (C=O) groups is 2. The van der Waals surface area contributed by atoms with Crippen LogP contribution < -0.4 is 10.2 Å². The monoisotopic (exact) mass is 440 g/mol. The molecule has 2 aromatic carbocycles. The number of rotatable bonds is 4. The minimum atomic E-state index is -0.675. The molecule has 0 fully saturated rings. The topological polar surface area (TPSA) is 104 Å². The summed E-state index contributed by atoms with van der Waals surface area (Å²) in [6.07, 6.45) is 0. The smallest absolute Gasteiger partial charge is 0.244 e. The van der Waals surface area contributed by atoms with Gasteiger partial charge in [0, 0.05) is 21.4 Å². The van der Waals surface area contributed by atoms with Gasteiger partial charge < -0.3 is 10.2 Å². The Hall–Kier alpha value is -3.07. The molecule has 1 aromatic heterocycles. The van der Waals surface area contributed by atoms with Crippen LogP contribution >= 0.6 is 15.9 Å². The number of anilines is 2. The van der Waals surface area contributed by atoms with Crippen molar-refractivity contribution in [1.82, 2.24) is 20.6 Å². The molecule has 9 heteroatoms. The van der Waals surface area contributed by atoms with E-state index in [2.05, 4.69) is 41.9 Å². The summed E-state index contributed by atoms with van der Waals surface area (Å²) in [5.74, 6) is 0.112. The highest BCUT2D eigenvalue weighted by atomic mass is 79.9. The van der Waals surface area contributed by atoms with Gasteiger partial charge in [-0.25, -0.2) is 0 Å². The van der Waals surface area contributed by atoms with E-state index in [1.54, 1.807) is 24.3 Å². The van der Waals surface area contributed by atoms with Crippen molar-refractivity contribution in [3.05, 3.63) is 52.5 Å². The Kier molecular flexibility index (Phi) is 4.46. The van der Waals surface area contributed by atoms with Crippen molar-refractivity contribution in [2.24, 2.45) is 0 Å². The van der Waals surface area contributed by atoms with Crippen LogP contribution in [0.3, 0.4) is 0 Å². The Labute approximate surface area is 169 Å². The number of tetrazole rings is 1. The van der Waals surface area contributed by atoms with Crippen LogP contribution in [0, 0.1) is 0 Å². The first-order valence-corrected chi connectivity index (χ1v) is 9.41. The standard InChI is InChI=1S/C19H17BrN6O2/c1-19(2)14-9-12(20)5-8-15(14)26(18(19)28)10-16(27)21-13-6-3-11(4-7-13)17-22-24-25-23-17/h3-9H,10H2,1-2H3,(H,21,27)(H,22,23,24,25). The Balaban J connectivity index is 1.49. The number of amides is 2. The largest absolute Gasteiger partial charge is 0.325 e. The fourth-order valence-electron chi connectivity index (χ4n) is 3.29. The zero-order valence-electron chi connectivity index (χ0n) is 15.2. The van der Waals surface area contributed by atoms with Crippen molar-refractivity contribution in [2.75, 3.05) is 16.8 Å². The van der Waals surface area contributed by atoms with E-state index in [1.807, 2.05) is 32.0 Å². The van der Waals surface area contributed by atoms with Crippen molar-refractivity contribution in [1.29, 1.82) is 0 Å². The minimum Gasteiger partial charge on any atom is -0.325 e. The van der Waals surface area contributed by atoms with Gasteiger partial charge in [-0.3, -0.25) is 9.59 Å². The molecule has 3 aromatic rings. The van der Waals surface area contributed by atoms with Crippen LogP contribution in [0.15, 0.2) is 46.9 Å². The van der Waals surface area contributed by atoms with Gasteiger partial charge in [0.15, 0.2) is 0 Å². The van der Waals surface area contributed by atoms with E-state index >= 15 is 0 Å². The number of halogens is 1. The highest BCUT2D eigenvalue weighted by Gasteiger charge is 2.44. The van der Waals surface area contributed by atoms with Crippen molar-refractivity contribution in [3.63, 3.8) is 0 Å². The number of hydrogen-bond acceptors (Lipinski definition) is 5. The Morgan fingerprint density at radius 1 is 1.21 bits per heavy atom. The molecule has 8 nitrogen and oxygen atoms in total. The molecule has 0 unspecified atom stereocenters. The molecule has 1 aliphatic heterocycles. The molecule has 2 amide bonds. The van der Waals surface area contributed by atoms with Gasteiger partial charge in [0.25, 0.3) is 0 Å². The second-order valence-electron chi connectivity index (χ2n) is 7.04. The summed E-state index contributed by atoms with van der Waals surface area (Å²) in [6.45, 7) is 3.69. The lowest BCUT2D eigenvalue weighted by Gasteiger charge is -2.20. The van der Waals surface area contributed by atoms with Crippen molar-refractivity contribution >= 4 is 39.1 Å². The van der Waals surface area contributed by atoms with Crippen LogP contribution in [0.2, 0.25) is 0 Å². The number of fused-ring (bicyclic) bond motifs is 1. The van der Waals surface area contributed by atoms with Gasteiger partial charge in [-0.1, -0.05) is 15.9 Å². The van der Waals surface area contributed by atoms with Gasteiger partial charge in [-0.2, -0.15) is 5.21 Å². The summed E-state index contributed by atoms with van der Waals surface area (Å²) < 4.78 is 0.903. The highest BCUT2D eigenvalue weighted by molar-refractivity contribution is 9.10. The molecule has 0 atom stereocenters. The second kappa shape index (κ2) is 6.83. The summed E-state index contributed by atoms with van der Waals surface area (Å²) in [4.78, 5) is 27.0. The molecule has 4 rings (SSSR count). The van der Waals surface area contributed by atoms with Crippen molar-refractivity contribution < 1.29 is 9.59 Å². The number of benzene rings is 2. The predicted molar refractivity (Wildman–Crippen MR) is 108 cm³/mol.